The predicted octanol–water partition coefficient (Wildman–Crippen LogP) is 1.72. The first kappa shape index (κ1) is 16.0. The van der Waals surface area contributed by atoms with Gasteiger partial charge in [0.1, 0.15) is 5.82 Å². The largest absolute Gasteiger partial charge is 0.377 e. The number of fused-ring (bicyclic) bond motifs is 1. The number of H-pyrrole nitrogens is 1. The number of rotatable bonds is 6. The molecule has 1 aliphatic carbocycles. The van der Waals surface area contributed by atoms with Crippen LogP contribution < -0.4 is 11.1 Å². The predicted molar refractivity (Wildman–Crippen MR) is 86.5 cm³/mol. The van der Waals surface area contributed by atoms with Crippen LogP contribution in [0.15, 0.2) is 24.4 Å². The highest BCUT2D eigenvalue weighted by molar-refractivity contribution is 5.83. The number of hydrogen-bond donors (Lipinski definition) is 3. The van der Waals surface area contributed by atoms with Crippen molar-refractivity contribution in [1.29, 1.82) is 0 Å². The average molecular weight is 319 g/mol. The van der Waals surface area contributed by atoms with Crippen molar-refractivity contribution < 1.29 is 13.9 Å². The Kier molecular flexibility index (Phi) is 4.37. The molecule has 1 aromatic carbocycles. The molecule has 1 heterocycles. The standard InChI is InChI=1S/C17H22FN3O2/c1-23-17(10-19)7-12(8-17)16(22)20-5-4-11-9-21-15-6-13(18)2-3-14(11)15/h2-3,6,9,12,21H,4-5,7-8,10,19H2,1H3,(H,20,22). The second-order valence-corrected chi connectivity index (χ2v) is 6.24. The van der Waals surface area contributed by atoms with E-state index in [-0.39, 0.29) is 23.2 Å². The van der Waals surface area contributed by atoms with E-state index in [1.807, 2.05) is 6.20 Å². The first-order valence-corrected chi connectivity index (χ1v) is 7.85. The molecule has 3 rings (SSSR count). The van der Waals surface area contributed by atoms with Crippen molar-refractivity contribution in [2.45, 2.75) is 24.9 Å². The van der Waals surface area contributed by atoms with E-state index >= 15 is 0 Å². The molecule has 1 saturated carbocycles. The lowest BCUT2D eigenvalue weighted by atomic mass is 9.70. The Labute approximate surface area is 134 Å². The lowest BCUT2D eigenvalue weighted by molar-refractivity contribution is -0.144. The van der Waals surface area contributed by atoms with Gasteiger partial charge in [0.2, 0.25) is 5.91 Å². The highest BCUT2D eigenvalue weighted by Crippen LogP contribution is 2.39. The number of benzene rings is 1. The number of carbonyl (C=O) groups excluding carboxylic acids is 1. The number of aromatic amines is 1. The van der Waals surface area contributed by atoms with E-state index in [9.17, 15) is 9.18 Å². The highest BCUT2D eigenvalue weighted by atomic mass is 19.1. The van der Waals surface area contributed by atoms with Gasteiger partial charge in [-0.15, -0.1) is 0 Å². The first-order chi connectivity index (χ1) is 11.1. The van der Waals surface area contributed by atoms with Crippen molar-refractivity contribution in [1.82, 2.24) is 10.3 Å². The summed E-state index contributed by atoms with van der Waals surface area (Å²) in [5.74, 6) is -0.224. The molecule has 5 nitrogen and oxygen atoms in total. The van der Waals surface area contributed by atoms with Crippen LogP contribution in [0.5, 0.6) is 0 Å². The Morgan fingerprint density at radius 2 is 2.30 bits per heavy atom. The van der Waals surface area contributed by atoms with Crippen LogP contribution in [-0.4, -0.2) is 36.7 Å². The molecule has 0 atom stereocenters. The number of methoxy groups -OCH3 is 1. The molecule has 1 fully saturated rings. The van der Waals surface area contributed by atoms with E-state index in [4.69, 9.17) is 10.5 Å². The average Bonchev–Trinajstić information content (AvgIpc) is 2.89. The monoisotopic (exact) mass is 319 g/mol. The van der Waals surface area contributed by atoms with Crippen LogP contribution in [0.3, 0.4) is 0 Å². The fourth-order valence-electron chi connectivity index (χ4n) is 3.27. The minimum atomic E-state index is -0.317. The second kappa shape index (κ2) is 6.29. The second-order valence-electron chi connectivity index (χ2n) is 6.24. The van der Waals surface area contributed by atoms with E-state index in [0.717, 1.165) is 16.5 Å². The fourth-order valence-corrected chi connectivity index (χ4v) is 3.27. The molecule has 23 heavy (non-hydrogen) atoms. The molecule has 1 aliphatic rings. The molecule has 4 N–H and O–H groups in total. The van der Waals surface area contributed by atoms with Crippen LogP contribution in [0.4, 0.5) is 4.39 Å². The number of hydrogen-bond acceptors (Lipinski definition) is 3. The summed E-state index contributed by atoms with van der Waals surface area (Å²) in [5, 5.41) is 3.95. The Morgan fingerprint density at radius 3 is 3.00 bits per heavy atom. The quantitative estimate of drug-likeness (QED) is 0.758. The maximum absolute atomic E-state index is 13.2. The number of nitrogens with one attached hydrogen (secondary N) is 2. The van der Waals surface area contributed by atoms with Gasteiger partial charge in [-0.1, -0.05) is 0 Å². The summed E-state index contributed by atoms with van der Waals surface area (Å²) in [6.45, 7) is 1.00. The van der Waals surface area contributed by atoms with E-state index in [1.54, 1.807) is 13.2 Å². The van der Waals surface area contributed by atoms with Gasteiger partial charge in [-0.2, -0.15) is 0 Å². The lowest BCUT2D eigenvalue weighted by Gasteiger charge is -2.44. The van der Waals surface area contributed by atoms with Gasteiger partial charge >= 0.3 is 0 Å². The van der Waals surface area contributed by atoms with Gasteiger partial charge in [0, 0.05) is 43.2 Å². The molecule has 124 valence electrons. The van der Waals surface area contributed by atoms with Crippen LogP contribution in [0.1, 0.15) is 18.4 Å². The third-order valence-electron chi connectivity index (χ3n) is 4.84. The molecule has 1 amide bonds. The third kappa shape index (κ3) is 3.09. The molecule has 6 heteroatoms. The molecule has 0 unspecified atom stereocenters. The summed E-state index contributed by atoms with van der Waals surface area (Å²) in [6.07, 6.45) is 3.93. The summed E-state index contributed by atoms with van der Waals surface area (Å²) in [7, 11) is 1.64. The summed E-state index contributed by atoms with van der Waals surface area (Å²) in [6, 6.07) is 4.69. The normalized spacial score (nSPS) is 23.7. The zero-order chi connectivity index (χ0) is 16.4. The third-order valence-corrected chi connectivity index (χ3v) is 4.84. The van der Waals surface area contributed by atoms with Crippen LogP contribution in [0.2, 0.25) is 0 Å². The molecule has 0 bridgehead atoms. The minimum Gasteiger partial charge on any atom is -0.377 e. The molecule has 0 aliphatic heterocycles. The van der Waals surface area contributed by atoms with Gasteiger partial charge < -0.3 is 20.8 Å². The molecule has 1 aromatic heterocycles. The van der Waals surface area contributed by atoms with Crippen molar-refractivity contribution in [3.8, 4) is 0 Å². The zero-order valence-electron chi connectivity index (χ0n) is 13.2. The molecule has 0 radical (unpaired) electrons. The van der Waals surface area contributed by atoms with E-state index < -0.39 is 0 Å². The summed E-state index contributed by atoms with van der Waals surface area (Å²) in [4.78, 5) is 15.2. The Hall–Kier alpha value is -1.92. The zero-order valence-corrected chi connectivity index (χ0v) is 13.2. The van der Waals surface area contributed by atoms with Gasteiger partial charge in [-0.3, -0.25) is 4.79 Å². The van der Waals surface area contributed by atoms with Crippen LogP contribution >= 0.6 is 0 Å². The Morgan fingerprint density at radius 1 is 1.52 bits per heavy atom. The number of nitrogens with two attached hydrogens (primary N) is 1. The number of aromatic nitrogens is 1. The van der Waals surface area contributed by atoms with Crippen LogP contribution in [-0.2, 0) is 16.0 Å². The van der Waals surface area contributed by atoms with E-state index in [0.29, 0.717) is 32.4 Å². The van der Waals surface area contributed by atoms with Gasteiger partial charge in [0.25, 0.3) is 0 Å². The Balaban J connectivity index is 1.50. The van der Waals surface area contributed by atoms with E-state index in [1.165, 1.54) is 12.1 Å². The van der Waals surface area contributed by atoms with Gasteiger partial charge in [-0.05, 0) is 43.0 Å². The fraction of sp³-hybridized carbons (Fsp3) is 0.471. The molecular formula is C17H22FN3O2. The Bertz CT molecular complexity index is 701. The van der Waals surface area contributed by atoms with E-state index in [2.05, 4.69) is 10.3 Å². The molecule has 0 spiro atoms. The van der Waals surface area contributed by atoms with Crippen molar-refractivity contribution in [2.75, 3.05) is 20.2 Å². The smallest absolute Gasteiger partial charge is 0.223 e. The summed E-state index contributed by atoms with van der Waals surface area (Å²) >= 11 is 0. The summed E-state index contributed by atoms with van der Waals surface area (Å²) < 4.78 is 18.5. The number of amides is 1. The van der Waals surface area contributed by atoms with Gasteiger partial charge in [0.05, 0.1) is 5.60 Å². The lowest BCUT2D eigenvalue weighted by Crippen LogP contribution is -2.55. The highest BCUT2D eigenvalue weighted by Gasteiger charge is 2.46. The van der Waals surface area contributed by atoms with Crippen molar-refractivity contribution >= 4 is 16.8 Å². The van der Waals surface area contributed by atoms with Crippen molar-refractivity contribution in [2.24, 2.45) is 11.7 Å². The number of ether oxygens (including phenoxy) is 1. The van der Waals surface area contributed by atoms with Crippen molar-refractivity contribution in [3.63, 3.8) is 0 Å². The number of carbonyl (C=O) groups is 1. The first-order valence-electron chi connectivity index (χ1n) is 7.85. The van der Waals surface area contributed by atoms with Crippen molar-refractivity contribution in [3.05, 3.63) is 35.8 Å². The molecular weight excluding hydrogens is 297 g/mol. The molecule has 0 saturated heterocycles. The minimum absolute atomic E-state index is 0.0180. The summed E-state index contributed by atoms with van der Waals surface area (Å²) in [5.41, 5.74) is 7.21. The van der Waals surface area contributed by atoms with Crippen LogP contribution in [0.25, 0.3) is 10.9 Å². The molecule has 2 aromatic rings. The number of halogens is 1. The van der Waals surface area contributed by atoms with Gasteiger partial charge in [0.15, 0.2) is 0 Å². The maximum Gasteiger partial charge on any atom is 0.223 e. The topological polar surface area (TPSA) is 80.1 Å². The maximum atomic E-state index is 13.2. The van der Waals surface area contributed by atoms with Crippen LogP contribution in [0, 0.1) is 11.7 Å². The van der Waals surface area contributed by atoms with Gasteiger partial charge in [-0.25, -0.2) is 4.39 Å². The SMILES string of the molecule is COC1(CN)CC(C(=O)NCCc2c[nH]c3cc(F)ccc23)C1.